The minimum Gasteiger partial charge on any atom is -0.374 e. The van der Waals surface area contributed by atoms with Crippen LogP contribution in [0.3, 0.4) is 0 Å². The van der Waals surface area contributed by atoms with Gasteiger partial charge in [-0.1, -0.05) is 53.9 Å². The predicted molar refractivity (Wildman–Crippen MR) is 70.6 cm³/mol. The molecule has 0 aromatic heterocycles. The highest BCUT2D eigenvalue weighted by molar-refractivity contribution is 4.85. The smallest absolute Gasteiger partial charge is 0.0607 e. The summed E-state index contributed by atoms with van der Waals surface area (Å²) in [4.78, 5) is 0. The summed E-state index contributed by atoms with van der Waals surface area (Å²) in [7, 11) is 0. The van der Waals surface area contributed by atoms with Gasteiger partial charge in [-0.3, -0.25) is 0 Å². The second-order valence-corrected chi connectivity index (χ2v) is 5.69. The van der Waals surface area contributed by atoms with Gasteiger partial charge < -0.3 is 4.74 Å². The summed E-state index contributed by atoms with van der Waals surface area (Å²) < 4.78 is 6.28. The third kappa shape index (κ3) is 3.23. The Labute approximate surface area is 102 Å². The first-order valence-electron chi connectivity index (χ1n) is 7.27. The van der Waals surface area contributed by atoms with Gasteiger partial charge in [0.2, 0.25) is 0 Å². The topological polar surface area (TPSA) is 9.23 Å². The summed E-state index contributed by atoms with van der Waals surface area (Å²) in [5, 5.41) is 0. The Bertz CT molecular complexity index is 188. The maximum atomic E-state index is 6.28. The van der Waals surface area contributed by atoms with E-state index < -0.39 is 0 Å². The molecule has 5 unspecified atom stereocenters. The van der Waals surface area contributed by atoms with Crippen LogP contribution in [0.2, 0.25) is 0 Å². The van der Waals surface area contributed by atoms with E-state index in [9.17, 15) is 0 Å². The van der Waals surface area contributed by atoms with Gasteiger partial charge in [0.1, 0.15) is 0 Å². The third-order valence-electron chi connectivity index (χ3n) is 4.68. The van der Waals surface area contributed by atoms with Crippen LogP contribution in [0.1, 0.15) is 66.7 Å². The number of hydrogen-bond donors (Lipinski definition) is 0. The average Bonchev–Trinajstić information content (AvgIpc) is 2.29. The summed E-state index contributed by atoms with van der Waals surface area (Å²) in [6, 6.07) is 0. The molecule has 0 saturated carbocycles. The second-order valence-electron chi connectivity index (χ2n) is 5.69. The van der Waals surface area contributed by atoms with Gasteiger partial charge in [-0.15, -0.1) is 0 Å². The van der Waals surface area contributed by atoms with Gasteiger partial charge in [0.25, 0.3) is 0 Å². The zero-order valence-corrected chi connectivity index (χ0v) is 11.8. The van der Waals surface area contributed by atoms with Crippen LogP contribution in [0.4, 0.5) is 0 Å². The molecular weight excluding hydrogens is 196 g/mol. The lowest BCUT2D eigenvalue weighted by atomic mass is 9.75. The van der Waals surface area contributed by atoms with E-state index in [0.717, 1.165) is 17.8 Å². The standard InChI is InChI=1S/C15H30O/c1-6-8-9-10-15-13(5)11(3)12(4)14(7-2)16-15/h11-15H,6-10H2,1-5H3. The van der Waals surface area contributed by atoms with E-state index >= 15 is 0 Å². The molecule has 1 saturated heterocycles. The summed E-state index contributed by atoms with van der Waals surface area (Å²) in [5.41, 5.74) is 0. The lowest BCUT2D eigenvalue weighted by Gasteiger charge is -2.44. The van der Waals surface area contributed by atoms with Crippen LogP contribution in [0.5, 0.6) is 0 Å². The van der Waals surface area contributed by atoms with E-state index in [1.165, 1.54) is 32.1 Å². The maximum absolute atomic E-state index is 6.28. The molecule has 0 radical (unpaired) electrons. The molecule has 1 rings (SSSR count). The van der Waals surface area contributed by atoms with Crippen LogP contribution < -0.4 is 0 Å². The Morgan fingerprint density at radius 1 is 0.812 bits per heavy atom. The Morgan fingerprint density at radius 2 is 1.44 bits per heavy atom. The molecule has 5 atom stereocenters. The summed E-state index contributed by atoms with van der Waals surface area (Å²) in [5.74, 6) is 2.27. The van der Waals surface area contributed by atoms with E-state index in [0.29, 0.717) is 12.2 Å². The highest BCUT2D eigenvalue weighted by atomic mass is 16.5. The molecule has 1 nitrogen and oxygen atoms in total. The van der Waals surface area contributed by atoms with Crippen LogP contribution in [-0.2, 0) is 4.74 Å². The SMILES string of the molecule is CCCCCC1OC(CC)C(C)C(C)C1C. The molecule has 0 amide bonds. The van der Waals surface area contributed by atoms with Crippen LogP contribution in [0.15, 0.2) is 0 Å². The van der Waals surface area contributed by atoms with Gasteiger partial charge in [-0.2, -0.15) is 0 Å². The lowest BCUT2D eigenvalue weighted by Crippen LogP contribution is -2.44. The molecule has 1 heteroatoms. The summed E-state index contributed by atoms with van der Waals surface area (Å²) in [6.45, 7) is 11.7. The Balaban J connectivity index is 2.50. The van der Waals surface area contributed by atoms with E-state index in [4.69, 9.17) is 4.74 Å². The predicted octanol–water partition coefficient (Wildman–Crippen LogP) is 4.65. The molecule has 1 fully saturated rings. The summed E-state index contributed by atoms with van der Waals surface area (Å²) in [6.07, 6.45) is 7.45. The molecule has 0 aromatic rings. The van der Waals surface area contributed by atoms with Gasteiger partial charge in [0.15, 0.2) is 0 Å². The fourth-order valence-corrected chi connectivity index (χ4v) is 3.02. The lowest BCUT2D eigenvalue weighted by molar-refractivity contribution is -0.136. The number of ether oxygens (including phenoxy) is 1. The van der Waals surface area contributed by atoms with E-state index in [1.807, 2.05) is 0 Å². The number of hydrogen-bond acceptors (Lipinski definition) is 1. The zero-order valence-electron chi connectivity index (χ0n) is 11.8. The van der Waals surface area contributed by atoms with Crippen molar-refractivity contribution in [3.8, 4) is 0 Å². The van der Waals surface area contributed by atoms with Crippen LogP contribution >= 0.6 is 0 Å². The number of rotatable bonds is 5. The van der Waals surface area contributed by atoms with Crippen molar-refractivity contribution in [2.75, 3.05) is 0 Å². The van der Waals surface area contributed by atoms with Crippen molar-refractivity contribution in [2.45, 2.75) is 78.9 Å². The zero-order chi connectivity index (χ0) is 12.1. The Kier molecular flexibility index (Phi) is 5.82. The van der Waals surface area contributed by atoms with Crippen molar-refractivity contribution in [3.05, 3.63) is 0 Å². The van der Waals surface area contributed by atoms with Crippen molar-refractivity contribution in [3.63, 3.8) is 0 Å². The number of unbranched alkanes of at least 4 members (excludes halogenated alkanes) is 2. The molecule has 1 aliphatic heterocycles. The van der Waals surface area contributed by atoms with Crippen molar-refractivity contribution >= 4 is 0 Å². The molecular formula is C15H30O. The minimum absolute atomic E-state index is 0.498. The van der Waals surface area contributed by atoms with E-state index in [1.54, 1.807) is 0 Å². The maximum Gasteiger partial charge on any atom is 0.0607 e. The van der Waals surface area contributed by atoms with Crippen LogP contribution in [-0.4, -0.2) is 12.2 Å². The van der Waals surface area contributed by atoms with E-state index in [2.05, 4.69) is 34.6 Å². The second kappa shape index (κ2) is 6.64. The first kappa shape index (κ1) is 14.0. The van der Waals surface area contributed by atoms with Crippen molar-refractivity contribution < 1.29 is 4.74 Å². The Morgan fingerprint density at radius 3 is 2.00 bits per heavy atom. The van der Waals surface area contributed by atoms with Crippen molar-refractivity contribution in [2.24, 2.45) is 17.8 Å². The van der Waals surface area contributed by atoms with Gasteiger partial charge in [-0.05, 0) is 30.6 Å². The molecule has 0 aliphatic carbocycles. The first-order chi connectivity index (χ1) is 7.61. The van der Waals surface area contributed by atoms with Crippen molar-refractivity contribution in [1.82, 2.24) is 0 Å². The average molecular weight is 226 g/mol. The molecule has 1 heterocycles. The molecule has 0 aromatic carbocycles. The highest BCUT2D eigenvalue weighted by Crippen LogP contribution is 2.37. The Hall–Kier alpha value is -0.0400. The molecule has 0 N–H and O–H groups in total. The van der Waals surface area contributed by atoms with Crippen molar-refractivity contribution in [1.29, 1.82) is 0 Å². The highest BCUT2D eigenvalue weighted by Gasteiger charge is 2.37. The fourth-order valence-electron chi connectivity index (χ4n) is 3.02. The quantitative estimate of drug-likeness (QED) is 0.620. The van der Waals surface area contributed by atoms with Gasteiger partial charge in [0.05, 0.1) is 12.2 Å². The molecule has 0 spiro atoms. The molecule has 0 bridgehead atoms. The van der Waals surface area contributed by atoms with Gasteiger partial charge in [0, 0.05) is 0 Å². The largest absolute Gasteiger partial charge is 0.374 e. The summed E-state index contributed by atoms with van der Waals surface area (Å²) >= 11 is 0. The fraction of sp³-hybridized carbons (Fsp3) is 1.00. The molecule has 96 valence electrons. The molecule has 1 aliphatic rings. The van der Waals surface area contributed by atoms with Gasteiger partial charge in [-0.25, -0.2) is 0 Å². The van der Waals surface area contributed by atoms with Crippen LogP contribution in [0.25, 0.3) is 0 Å². The molecule has 16 heavy (non-hydrogen) atoms. The monoisotopic (exact) mass is 226 g/mol. The normalized spacial score (nSPS) is 39.9. The van der Waals surface area contributed by atoms with E-state index in [-0.39, 0.29) is 0 Å². The van der Waals surface area contributed by atoms with Crippen LogP contribution in [0, 0.1) is 17.8 Å². The third-order valence-corrected chi connectivity index (χ3v) is 4.68. The first-order valence-corrected chi connectivity index (χ1v) is 7.27. The van der Waals surface area contributed by atoms with Gasteiger partial charge >= 0.3 is 0 Å². The minimum atomic E-state index is 0.498.